The number of hydrogen-bond donors (Lipinski definition) is 0. The van der Waals surface area contributed by atoms with Gasteiger partial charge in [-0.2, -0.15) is 0 Å². The number of pyridine rings is 1. The zero-order valence-electron chi connectivity index (χ0n) is 10.7. The maximum atomic E-state index is 4.46. The lowest BCUT2D eigenvalue weighted by molar-refractivity contribution is 0.850. The van der Waals surface area contributed by atoms with Crippen molar-refractivity contribution in [1.29, 1.82) is 0 Å². The monoisotopic (exact) mass is 336 g/mol. The van der Waals surface area contributed by atoms with Gasteiger partial charge in [0.15, 0.2) is 0 Å². The molecule has 0 saturated heterocycles. The first-order valence-electron chi connectivity index (χ1n) is 6.18. The van der Waals surface area contributed by atoms with E-state index in [2.05, 4.69) is 55.7 Å². The predicted octanol–water partition coefficient (Wildman–Crippen LogP) is 3.85. The van der Waals surface area contributed by atoms with E-state index in [9.17, 15) is 0 Å². The first-order chi connectivity index (χ1) is 9.24. The summed E-state index contributed by atoms with van der Waals surface area (Å²) in [4.78, 5) is 16.6. The molecule has 0 aliphatic heterocycles. The van der Waals surface area contributed by atoms with Gasteiger partial charge in [0.05, 0.1) is 10.2 Å². The predicted molar refractivity (Wildman–Crippen MR) is 84.0 cm³/mol. The zero-order chi connectivity index (χ0) is 13.4. The number of rotatable bonds is 3. The van der Waals surface area contributed by atoms with Crippen molar-refractivity contribution in [1.82, 2.24) is 15.0 Å². The van der Waals surface area contributed by atoms with Crippen LogP contribution in [0.3, 0.4) is 0 Å². The third-order valence-corrected chi connectivity index (χ3v) is 4.65. The molecule has 0 atom stereocenters. The molecule has 0 radical (unpaired) electrons. The van der Waals surface area contributed by atoms with Crippen molar-refractivity contribution < 1.29 is 0 Å². The second-order valence-corrected chi connectivity index (χ2v) is 6.07. The minimum absolute atomic E-state index is 0.938. The van der Waals surface area contributed by atoms with Gasteiger partial charge in [0.1, 0.15) is 17.0 Å². The summed E-state index contributed by atoms with van der Waals surface area (Å²) in [5.74, 6) is 1.01. The molecule has 98 valence electrons. The summed E-state index contributed by atoms with van der Waals surface area (Å²) in [5, 5.41) is 1.09. The molecular formula is C13H13BrN4S. The number of fused-ring (bicyclic) bond motifs is 3. The van der Waals surface area contributed by atoms with Gasteiger partial charge in [-0.3, -0.25) is 0 Å². The van der Waals surface area contributed by atoms with E-state index in [0.717, 1.165) is 43.8 Å². The van der Waals surface area contributed by atoms with Gasteiger partial charge >= 0.3 is 0 Å². The van der Waals surface area contributed by atoms with Gasteiger partial charge in [0.2, 0.25) is 0 Å². The molecule has 0 bridgehead atoms. The highest BCUT2D eigenvalue weighted by molar-refractivity contribution is 9.10. The molecule has 3 heterocycles. The zero-order valence-corrected chi connectivity index (χ0v) is 13.1. The fourth-order valence-electron chi connectivity index (χ4n) is 2.17. The highest BCUT2D eigenvalue weighted by Crippen LogP contribution is 2.36. The lowest BCUT2D eigenvalue weighted by Crippen LogP contribution is -2.22. The van der Waals surface area contributed by atoms with Crippen molar-refractivity contribution >= 4 is 53.5 Å². The number of nitrogens with zero attached hydrogens (tertiary/aromatic N) is 4. The molecule has 4 nitrogen and oxygen atoms in total. The Bertz CT molecular complexity index is 736. The molecule has 6 heteroatoms. The third-order valence-electron chi connectivity index (χ3n) is 3.12. The van der Waals surface area contributed by atoms with Crippen LogP contribution < -0.4 is 4.90 Å². The summed E-state index contributed by atoms with van der Waals surface area (Å²) < 4.78 is 2.09. The second kappa shape index (κ2) is 5.02. The molecule has 0 aliphatic carbocycles. The Kier molecular flexibility index (Phi) is 3.36. The molecule has 0 aromatic carbocycles. The Balaban J connectivity index is 2.34. The Morgan fingerprint density at radius 1 is 1.21 bits per heavy atom. The lowest BCUT2D eigenvalue weighted by atomic mass is 10.3. The molecule has 0 fully saturated rings. The van der Waals surface area contributed by atoms with E-state index in [-0.39, 0.29) is 0 Å². The number of thiophene rings is 1. The summed E-state index contributed by atoms with van der Waals surface area (Å²) >= 11 is 5.12. The maximum Gasteiger partial charge on any atom is 0.150 e. The van der Waals surface area contributed by atoms with Crippen molar-refractivity contribution in [2.45, 2.75) is 13.8 Å². The highest BCUT2D eigenvalue weighted by atomic mass is 79.9. The highest BCUT2D eigenvalue weighted by Gasteiger charge is 2.15. The van der Waals surface area contributed by atoms with E-state index in [1.165, 1.54) is 0 Å². The van der Waals surface area contributed by atoms with Gasteiger partial charge < -0.3 is 4.90 Å². The third kappa shape index (κ3) is 2.08. The van der Waals surface area contributed by atoms with E-state index >= 15 is 0 Å². The Morgan fingerprint density at radius 3 is 2.74 bits per heavy atom. The van der Waals surface area contributed by atoms with Gasteiger partial charge in [-0.05, 0) is 35.8 Å². The minimum Gasteiger partial charge on any atom is -0.356 e. The van der Waals surface area contributed by atoms with Crippen molar-refractivity contribution in [2.24, 2.45) is 0 Å². The smallest absolute Gasteiger partial charge is 0.150 e. The first-order valence-corrected chi connectivity index (χ1v) is 7.79. The molecule has 0 unspecified atom stereocenters. The molecule has 0 aliphatic rings. The Hall–Kier alpha value is -1.27. The van der Waals surface area contributed by atoms with Crippen molar-refractivity contribution in [3.05, 3.63) is 23.1 Å². The first kappa shape index (κ1) is 12.7. The van der Waals surface area contributed by atoms with Gasteiger partial charge in [-0.1, -0.05) is 0 Å². The van der Waals surface area contributed by atoms with E-state index in [4.69, 9.17) is 0 Å². The quantitative estimate of drug-likeness (QED) is 0.728. The number of aromatic nitrogens is 3. The molecule has 0 spiro atoms. The van der Waals surface area contributed by atoms with E-state index in [1.807, 2.05) is 6.20 Å². The summed E-state index contributed by atoms with van der Waals surface area (Å²) in [5.41, 5.74) is 0.991. The van der Waals surface area contributed by atoms with Crippen LogP contribution in [0.15, 0.2) is 23.1 Å². The summed E-state index contributed by atoms with van der Waals surface area (Å²) in [7, 11) is 0. The van der Waals surface area contributed by atoms with Gasteiger partial charge in [0, 0.05) is 29.1 Å². The van der Waals surface area contributed by atoms with Gasteiger partial charge in [-0.15, -0.1) is 11.3 Å². The van der Waals surface area contributed by atoms with Gasteiger partial charge in [0.25, 0.3) is 0 Å². The summed E-state index contributed by atoms with van der Waals surface area (Å²) in [6.45, 7) is 6.15. The minimum atomic E-state index is 0.938. The average Bonchev–Trinajstić information content (AvgIpc) is 2.79. The van der Waals surface area contributed by atoms with Gasteiger partial charge in [-0.25, -0.2) is 15.0 Å². The van der Waals surface area contributed by atoms with E-state index < -0.39 is 0 Å². The molecule has 0 N–H and O–H groups in total. The molecule has 0 saturated carbocycles. The van der Waals surface area contributed by atoms with Crippen LogP contribution in [-0.4, -0.2) is 28.0 Å². The fourth-order valence-corrected chi connectivity index (χ4v) is 3.60. The fraction of sp³-hybridized carbons (Fsp3) is 0.308. The van der Waals surface area contributed by atoms with Crippen LogP contribution in [-0.2, 0) is 0 Å². The molecule has 19 heavy (non-hydrogen) atoms. The van der Waals surface area contributed by atoms with Crippen LogP contribution in [0.5, 0.6) is 0 Å². The maximum absolute atomic E-state index is 4.46. The number of hydrogen-bond acceptors (Lipinski definition) is 5. The number of anilines is 1. The summed E-state index contributed by atoms with van der Waals surface area (Å²) in [6.07, 6.45) is 3.46. The average molecular weight is 337 g/mol. The molecule has 0 amide bonds. The van der Waals surface area contributed by atoms with Crippen molar-refractivity contribution in [3.63, 3.8) is 0 Å². The summed E-state index contributed by atoms with van der Waals surface area (Å²) in [6, 6.07) is 2.07. The van der Waals surface area contributed by atoms with Crippen LogP contribution in [0.25, 0.3) is 20.4 Å². The molecule has 3 aromatic rings. The van der Waals surface area contributed by atoms with Crippen molar-refractivity contribution in [2.75, 3.05) is 18.0 Å². The van der Waals surface area contributed by atoms with Crippen LogP contribution in [0.1, 0.15) is 13.8 Å². The standard InChI is InChI=1S/C13H13BrN4S/c1-3-18(4-2)12-11-10(16-7-17-12)9-5-8(14)6-15-13(9)19-11/h5-7H,3-4H2,1-2H3. The van der Waals surface area contributed by atoms with Crippen LogP contribution in [0.4, 0.5) is 5.82 Å². The largest absolute Gasteiger partial charge is 0.356 e. The molecule has 3 aromatic heterocycles. The normalized spacial score (nSPS) is 11.3. The Morgan fingerprint density at radius 2 is 2.00 bits per heavy atom. The Labute approximate surface area is 123 Å². The van der Waals surface area contributed by atoms with E-state index in [0.29, 0.717) is 0 Å². The van der Waals surface area contributed by atoms with Crippen LogP contribution in [0.2, 0.25) is 0 Å². The number of halogens is 1. The van der Waals surface area contributed by atoms with E-state index in [1.54, 1.807) is 17.7 Å². The lowest BCUT2D eigenvalue weighted by Gasteiger charge is -2.19. The second-order valence-electron chi connectivity index (χ2n) is 4.16. The molecular weight excluding hydrogens is 324 g/mol. The SMILES string of the molecule is CCN(CC)c1ncnc2c1sc1ncc(Br)cc12. The molecule has 3 rings (SSSR count). The topological polar surface area (TPSA) is 41.9 Å². The van der Waals surface area contributed by atoms with Crippen molar-refractivity contribution in [3.8, 4) is 0 Å². The van der Waals surface area contributed by atoms with Crippen LogP contribution in [0, 0.1) is 0 Å². The van der Waals surface area contributed by atoms with Crippen LogP contribution >= 0.6 is 27.3 Å².